The van der Waals surface area contributed by atoms with Crippen LogP contribution in [0.2, 0.25) is 0 Å². The molecule has 1 fully saturated rings. The number of hydrogen-bond donors (Lipinski definition) is 1. The second-order valence-corrected chi connectivity index (χ2v) is 5.47. The Morgan fingerprint density at radius 2 is 2.18 bits per heavy atom. The Morgan fingerprint density at radius 3 is 2.76 bits per heavy atom. The van der Waals surface area contributed by atoms with Gasteiger partial charge in [0.15, 0.2) is 0 Å². The normalized spacial score (nSPS) is 28.2. The van der Waals surface area contributed by atoms with Crippen molar-refractivity contribution in [3.05, 3.63) is 0 Å². The van der Waals surface area contributed by atoms with E-state index in [1.54, 1.807) is 7.11 Å². The second kappa shape index (κ2) is 8.06. The number of nitrogens with zero attached hydrogens (tertiary/aromatic N) is 1. The summed E-state index contributed by atoms with van der Waals surface area (Å²) in [5.41, 5.74) is 0. The van der Waals surface area contributed by atoms with E-state index in [2.05, 4.69) is 31.0 Å². The Hall–Kier alpha value is -0.120. The Kier molecular flexibility index (Phi) is 7.09. The summed E-state index contributed by atoms with van der Waals surface area (Å²) >= 11 is 0. The summed E-state index contributed by atoms with van der Waals surface area (Å²) in [4.78, 5) is 2.67. The number of methoxy groups -OCH3 is 1. The molecule has 0 radical (unpaired) electrons. The maximum atomic E-state index is 5.25. The number of ether oxygens (including phenoxy) is 1. The highest BCUT2D eigenvalue weighted by Gasteiger charge is 2.26. The molecule has 3 atom stereocenters. The van der Waals surface area contributed by atoms with E-state index in [0.29, 0.717) is 18.0 Å². The van der Waals surface area contributed by atoms with Crippen molar-refractivity contribution < 1.29 is 4.74 Å². The average Bonchev–Trinajstić information content (AvgIpc) is 2.30. The van der Waals surface area contributed by atoms with Gasteiger partial charge in [-0.15, -0.1) is 0 Å². The van der Waals surface area contributed by atoms with Crippen LogP contribution in [0.15, 0.2) is 0 Å². The van der Waals surface area contributed by atoms with Gasteiger partial charge in [-0.2, -0.15) is 0 Å². The van der Waals surface area contributed by atoms with Crippen LogP contribution >= 0.6 is 0 Å². The molecule has 3 nitrogen and oxygen atoms in total. The van der Waals surface area contributed by atoms with Crippen LogP contribution in [0.1, 0.15) is 40.0 Å². The van der Waals surface area contributed by atoms with Crippen LogP contribution < -0.4 is 5.32 Å². The van der Waals surface area contributed by atoms with Crippen molar-refractivity contribution in [1.82, 2.24) is 10.2 Å². The van der Waals surface area contributed by atoms with E-state index in [-0.39, 0.29) is 0 Å². The lowest BCUT2D eigenvalue weighted by Gasteiger charge is -2.41. The van der Waals surface area contributed by atoms with E-state index in [4.69, 9.17) is 4.74 Å². The molecule has 1 heterocycles. The molecule has 3 heteroatoms. The molecule has 0 aliphatic carbocycles. The van der Waals surface area contributed by atoms with Crippen molar-refractivity contribution in [1.29, 1.82) is 0 Å². The first-order valence-corrected chi connectivity index (χ1v) is 7.17. The van der Waals surface area contributed by atoms with Crippen molar-refractivity contribution in [3.8, 4) is 0 Å². The molecule has 0 aromatic carbocycles. The smallest absolute Gasteiger partial charge is 0.0500 e. The number of hydrogen-bond acceptors (Lipinski definition) is 3. The Labute approximate surface area is 107 Å². The summed E-state index contributed by atoms with van der Waals surface area (Å²) in [6, 6.07) is 1.40. The lowest BCUT2D eigenvalue weighted by Crippen LogP contribution is -2.57. The minimum absolute atomic E-state index is 0.634. The highest BCUT2D eigenvalue weighted by molar-refractivity contribution is 4.85. The van der Waals surface area contributed by atoms with Gasteiger partial charge in [-0.3, -0.25) is 4.90 Å². The molecule has 1 aliphatic heterocycles. The first kappa shape index (κ1) is 14.9. The molecule has 1 saturated heterocycles. The van der Waals surface area contributed by atoms with Crippen molar-refractivity contribution in [2.75, 3.05) is 33.4 Å². The van der Waals surface area contributed by atoms with Gasteiger partial charge in [0.2, 0.25) is 0 Å². The summed E-state index contributed by atoms with van der Waals surface area (Å²) in [7, 11) is 1.80. The Bertz CT molecular complexity index is 197. The monoisotopic (exact) mass is 242 g/mol. The fourth-order valence-corrected chi connectivity index (χ4v) is 2.83. The summed E-state index contributed by atoms with van der Waals surface area (Å²) < 4.78 is 5.25. The number of piperazine rings is 1. The summed E-state index contributed by atoms with van der Waals surface area (Å²) in [5, 5.41) is 3.68. The topological polar surface area (TPSA) is 24.5 Å². The lowest BCUT2D eigenvalue weighted by molar-refractivity contribution is 0.0777. The molecule has 0 saturated carbocycles. The van der Waals surface area contributed by atoms with Crippen molar-refractivity contribution >= 4 is 0 Å². The van der Waals surface area contributed by atoms with Gasteiger partial charge in [-0.1, -0.05) is 27.2 Å². The zero-order valence-electron chi connectivity index (χ0n) is 12.0. The van der Waals surface area contributed by atoms with Gasteiger partial charge in [-0.05, 0) is 18.8 Å². The molecule has 17 heavy (non-hydrogen) atoms. The molecule has 1 rings (SSSR count). The van der Waals surface area contributed by atoms with Gasteiger partial charge in [0.25, 0.3) is 0 Å². The molecule has 1 N–H and O–H groups in total. The molecule has 0 amide bonds. The first-order chi connectivity index (χ1) is 8.21. The van der Waals surface area contributed by atoms with Crippen molar-refractivity contribution in [3.63, 3.8) is 0 Å². The van der Waals surface area contributed by atoms with Gasteiger partial charge in [0.05, 0.1) is 0 Å². The lowest BCUT2D eigenvalue weighted by atomic mass is 10.0. The fourth-order valence-electron chi connectivity index (χ4n) is 2.83. The zero-order chi connectivity index (χ0) is 12.7. The summed E-state index contributed by atoms with van der Waals surface area (Å²) in [6.07, 6.45) is 3.81. The fraction of sp³-hybridized carbons (Fsp3) is 1.00. The molecular formula is C14H30N2O. The molecule has 3 unspecified atom stereocenters. The third-order valence-electron chi connectivity index (χ3n) is 3.72. The molecule has 0 spiro atoms. The van der Waals surface area contributed by atoms with Gasteiger partial charge < -0.3 is 10.1 Å². The van der Waals surface area contributed by atoms with Crippen LogP contribution in [0.3, 0.4) is 0 Å². The predicted molar refractivity (Wildman–Crippen MR) is 73.4 cm³/mol. The van der Waals surface area contributed by atoms with Gasteiger partial charge in [0, 0.05) is 45.4 Å². The molecular weight excluding hydrogens is 212 g/mol. The van der Waals surface area contributed by atoms with Crippen LogP contribution in [0.25, 0.3) is 0 Å². The highest BCUT2D eigenvalue weighted by Crippen LogP contribution is 2.15. The number of rotatable bonds is 7. The van der Waals surface area contributed by atoms with Crippen LogP contribution in [0.5, 0.6) is 0 Å². The SMILES string of the molecule is CCCC1CN(CC(C)COC)C(CC)CN1. The van der Waals surface area contributed by atoms with E-state index >= 15 is 0 Å². The largest absolute Gasteiger partial charge is 0.384 e. The van der Waals surface area contributed by atoms with Crippen LogP contribution in [-0.2, 0) is 4.74 Å². The maximum absolute atomic E-state index is 5.25. The van der Waals surface area contributed by atoms with E-state index in [9.17, 15) is 0 Å². The van der Waals surface area contributed by atoms with Crippen LogP contribution in [0.4, 0.5) is 0 Å². The van der Waals surface area contributed by atoms with Crippen LogP contribution in [0, 0.1) is 5.92 Å². The van der Waals surface area contributed by atoms with E-state index in [1.807, 2.05) is 0 Å². The van der Waals surface area contributed by atoms with Gasteiger partial charge in [0.1, 0.15) is 0 Å². The molecule has 0 aromatic heterocycles. The first-order valence-electron chi connectivity index (χ1n) is 7.17. The molecule has 0 aromatic rings. The molecule has 102 valence electrons. The van der Waals surface area contributed by atoms with E-state index < -0.39 is 0 Å². The standard InChI is InChI=1S/C14H30N2O/c1-5-7-13-10-16(9-12(3)11-17-4)14(6-2)8-15-13/h12-15H,5-11H2,1-4H3. The molecule has 1 aliphatic rings. The van der Waals surface area contributed by atoms with Crippen molar-refractivity contribution in [2.45, 2.75) is 52.1 Å². The van der Waals surface area contributed by atoms with Crippen molar-refractivity contribution in [2.24, 2.45) is 5.92 Å². The number of nitrogens with one attached hydrogen (secondary N) is 1. The van der Waals surface area contributed by atoms with Crippen LogP contribution in [-0.4, -0.2) is 50.3 Å². The minimum Gasteiger partial charge on any atom is -0.384 e. The molecule has 0 bridgehead atoms. The third-order valence-corrected chi connectivity index (χ3v) is 3.72. The highest BCUT2D eigenvalue weighted by atomic mass is 16.5. The Balaban J connectivity index is 2.44. The Morgan fingerprint density at radius 1 is 1.41 bits per heavy atom. The van der Waals surface area contributed by atoms with E-state index in [1.165, 1.54) is 32.4 Å². The predicted octanol–water partition coefficient (Wildman–Crippen LogP) is 2.12. The van der Waals surface area contributed by atoms with Gasteiger partial charge >= 0.3 is 0 Å². The third kappa shape index (κ3) is 4.94. The maximum Gasteiger partial charge on any atom is 0.0500 e. The van der Waals surface area contributed by atoms with Gasteiger partial charge in [-0.25, -0.2) is 0 Å². The summed E-state index contributed by atoms with van der Waals surface area (Å²) in [5.74, 6) is 0.634. The minimum atomic E-state index is 0.634. The van der Waals surface area contributed by atoms with E-state index in [0.717, 1.165) is 13.2 Å². The average molecular weight is 242 g/mol. The zero-order valence-corrected chi connectivity index (χ0v) is 12.0. The summed E-state index contributed by atoms with van der Waals surface area (Å²) in [6.45, 7) is 11.3. The quantitative estimate of drug-likeness (QED) is 0.740. The second-order valence-electron chi connectivity index (χ2n) is 5.47.